The maximum Gasteiger partial charge on any atom is 0.250 e. The molecule has 1 spiro atoms. The maximum atomic E-state index is 12.4. The molecule has 4 heteroatoms. The van der Waals surface area contributed by atoms with Crippen molar-refractivity contribution in [2.24, 2.45) is 5.92 Å². The Balaban J connectivity index is 1.91. The van der Waals surface area contributed by atoms with Gasteiger partial charge < -0.3 is 15.4 Å². The van der Waals surface area contributed by atoms with Gasteiger partial charge in [0.15, 0.2) is 0 Å². The van der Waals surface area contributed by atoms with Crippen LogP contribution in [-0.2, 0) is 4.79 Å². The molecule has 1 aromatic carbocycles. The lowest BCUT2D eigenvalue weighted by atomic mass is 9.75. The van der Waals surface area contributed by atoms with Gasteiger partial charge in [0, 0.05) is 6.07 Å². The Bertz CT molecular complexity index is 505. The van der Waals surface area contributed by atoms with Gasteiger partial charge in [-0.3, -0.25) is 4.79 Å². The Hall–Kier alpha value is -1.71. The summed E-state index contributed by atoms with van der Waals surface area (Å²) in [6.07, 6.45) is 3.99. The van der Waals surface area contributed by atoms with Gasteiger partial charge in [-0.2, -0.15) is 0 Å². The van der Waals surface area contributed by atoms with E-state index in [1.807, 2.05) is 18.2 Å². The molecule has 1 aromatic rings. The van der Waals surface area contributed by atoms with E-state index in [4.69, 9.17) is 4.74 Å². The van der Waals surface area contributed by atoms with Crippen molar-refractivity contribution < 1.29 is 9.53 Å². The molecule has 0 aromatic heterocycles. The minimum atomic E-state index is -0.425. The molecule has 0 unspecified atom stereocenters. The Morgan fingerprint density at radius 2 is 2.00 bits per heavy atom. The van der Waals surface area contributed by atoms with Crippen LogP contribution in [0.25, 0.3) is 0 Å². The highest BCUT2D eigenvalue weighted by molar-refractivity contribution is 6.06. The highest BCUT2D eigenvalue weighted by Crippen LogP contribution is 2.41. The van der Waals surface area contributed by atoms with Crippen LogP contribution in [-0.4, -0.2) is 18.6 Å². The van der Waals surface area contributed by atoms with Gasteiger partial charge in [0.1, 0.15) is 11.3 Å². The number of carbonyl (C=O) groups is 1. The molecule has 1 heterocycles. The van der Waals surface area contributed by atoms with Crippen LogP contribution < -0.4 is 15.4 Å². The predicted octanol–water partition coefficient (Wildman–Crippen LogP) is 3.01. The first-order chi connectivity index (χ1) is 9.13. The molecule has 1 amide bonds. The number of hydrogen-bond acceptors (Lipinski definition) is 3. The molecular formula is C15H20N2O2. The highest BCUT2D eigenvalue weighted by Gasteiger charge is 2.43. The second-order valence-corrected chi connectivity index (χ2v) is 5.76. The van der Waals surface area contributed by atoms with Crippen molar-refractivity contribution in [3.05, 3.63) is 18.2 Å². The summed E-state index contributed by atoms with van der Waals surface area (Å²) in [6.45, 7) is 2.25. The third-order valence-corrected chi connectivity index (χ3v) is 4.41. The van der Waals surface area contributed by atoms with Crippen LogP contribution in [0, 0.1) is 5.92 Å². The van der Waals surface area contributed by atoms with E-state index in [1.165, 1.54) is 0 Å². The van der Waals surface area contributed by atoms with E-state index >= 15 is 0 Å². The second-order valence-electron chi connectivity index (χ2n) is 5.76. The van der Waals surface area contributed by atoms with Crippen LogP contribution >= 0.6 is 0 Å². The van der Waals surface area contributed by atoms with Gasteiger partial charge >= 0.3 is 0 Å². The minimum Gasteiger partial charge on any atom is -0.497 e. The SMILES string of the molecule is COc1ccc2c(c1)NC1(CCC(C)CC1)C(=O)N2. The Morgan fingerprint density at radius 3 is 2.68 bits per heavy atom. The first-order valence-electron chi connectivity index (χ1n) is 6.91. The number of fused-ring (bicyclic) bond motifs is 1. The van der Waals surface area contributed by atoms with Crippen LogP contribution in [0.15, 0.2) is 18.2 Å². The number of hydrogen-bond donors (Lipinski definition) is 2. The summed E-state index contributed by atoms with van der Waals surface area (Å²) in [5.41, 5.74) is 1.38. The summed E-state index contributed by atoms with van der Waals surface area (Å²) in [5, 5.41) is 6.49. The number of anilines is 2. The number of methoxy groups -OCH3 is 1. The van der Waals surface area contributed by atoms with E-state index < -0.39 is 5.54 Å². The summed E-state index contributed by atoms with van der Waals surface area (Å²) >= 11 is 0. The fourth-order valence-electron chi connectivity index (χ4n) is 3.03. The molecule has 0 bridgehead atoms. The molecular weight excluding hydrogens is 240 g/mol. The van der Waals surface area contributed by atoms with Crippen LogP contribution in [0.4, 0.5) is 11.4 Å². The molecule has 3 rings (SSSR count). The lowest BCUT2D eigenvalue weighted by Crippen LogP contribution is -2.54. The quantitative estimate of drug-likeness (QED) is 0.816. The summed E-state index contributed by atoms with van der Waals surface area (Å²) < 4.78 is 5.25. The van der Waals surface area contributed by atoms with E-state index in [1.54, 1.807) is 7.11 Å². The summed E-state index contributed by atoms with van der Waals surface area (Å²) in [7, 11) is 1.65. The molecule has 1 aliphatic carbocycles. The third-order valence-electron chi connectivity index (χ3n) is 4.41. The average molecular weight is 260 g/mol. The van der Waals surface area contributed by atoms with Crippen molar-refractivity contribution in [3.63, 3.8) is 0 Å². The van der Waals surface area contributed by atoms with Gasteiger partial charge in [-0.15, -0.1) is 0 Å². The zero-order valence-electron chi connectivity index (χ0n) is 11.5. The van der Waals surface area contributed by atoms with E-state index in [0.717, 1.165) is 42.8 Å². The van der Waals surface area contributed by atoms with Crippen molar-refractivity contribution in [1.29, 1.82) is 0 Å². The molecule has 1 aliphatic heterocycles. The Morgan fingerprint density at radius 1 is 1.26 bits per heavy atom. The number of rotatable bonds is 1. The third kappa shape index (κ3) is 2.05. The van der Waals surface area contributed by atoms with Gasteiger partial charge in [0.25, 0.3) is 0 Å². The number of amides is 1. The van der Waals surface area contributed by atoms with Gasteiger partial charge in [-0.25, -0.2) is 0 Å². The van der Waals surface area contributed by atoms with Gasteiger partial charge in [-0.05, 0) is 43.7 Å². The average Bonchev–Trinajstić information content (AvgIpc) is 2.43. The fourth-order valence-corrected chi connectivity index (χ4v) is 3.03. The van der Waals surface area contributed by atoms with E-state index in [0.29, 0.717) is 5.92 Å². The molecule has 1 saturated carbocycles. The van der Waals surface area contributed by atoms with E-state index in [-0.39, 0.29) is 5.91 Å². The first-order valence-corrected chi connectivity index (χ1v) is 6.91. The number of benzene rings is 1. The molecule has 4 nitrogen and oxygen atoms in total. The topological polar surface area (TPSA) is 50.4 Å². The first kappa shape index (κ1) is 12.3. The fraction of sp³-hybridized carbons (Fsp3) is 0.533. The molecule has 2 aliphatic rings. The molecule has 0 radical (unpaired) electrons. The summed E-state index contributed by atoms with van der Waals surface area (Å²) in [4.78, 5) is 12.4. The van der Waals surface area contributed by atoms with E-state index in [2.05, 4.69) is 17.6 Å². The zero-order chi connectivity index (χ0) is 13.5. The number of nitrogens with one attached hydrogen (secondary N) is 2. The maximum absolute atomic E-state index is 12.4. The summed E-state index contributed by atoms with van der Waals surface area (Å²) in [6, 6.07) is 5.70. The Kier molecular flexibility index (Phi) is 2.88. The van der Waals surface area contributed by atoms with Crippen LogP contribution in [0.1, 0.15) is 32.6 Å². The number of carbonyl (C=O) groups excluding carboxylic acids is 1. The van der Waals surface area contributed by atoms with E-state index in [9.17, 15) is 4.79 Å². The van der Waals surface area contributed by atoms with Gasteiger partial charge in [0.2, 0.25) is 5.91 Å². The molecule has 0 saturated heterocycles. The van der Waals surface area contributed by atoms with Gasteiger partial charge in [0.05, 0.1) is 18.5 Å². The minimum absolute atomic E-state index is 0.108. The molecule has 1 fully saturated rings. The standard InChI is InChI=1S/C15H20N2O2/c1-10-5-7-15(8-6-10)14(18)16-12-4-3-11(19-2)9-13(12)17-15/h3-4,9-10,17H,5-8H2,1-2H3,(H,16,18). The number of ether oxygens (including phenoxy) is 1. The van der Waals surface area contributed by atoms with Crippen LogP contribution in [0.3, 0.4) is 0 Å². The van der Waals surface area contributed by atoms with Crippen molar-refractivity contribution in [3.8, 4) is 5.75 Å². The van der Waals surface area contributed by atoms with Crippen molar-refractivity contribution in [2.45, 2.75) is 38.1 Å². The molecule has 0 atom stereocenters. The largest absolute Gasteiger partial charge is 0.497 e. The van der Waals surface area contributed by atoms with Crippen LogP contribution in [0.2, 0.25) is 0 Å². The van der Waals surface area contributed by atoms with Gasteiger partial charge in [-0.1, -0.05) is 6.92 Å². The molecule has 2 N–H and O–H groups in total. The highest BCUT2D eigenvalue weighted by atomic mass is 16.5. The molecule has 19 heavy (non-hydrogen) atoms. The normalized spacial score (nSPS) is 29.4. The second kappa shape index (κ2) is 4.44. The van der Waals surface area contributed by atoms with Crippen LogP contribution in [0.5, 0.6) is 5.75 Å². The lowest BCUT2D eigenvalue weighted by Gasteiger charge is -2.42. The summed E-state index contributed by atoms with van der Waals surface area (Å²) in [5.74, 6) is 1.63. The molecule has 102 valence electrons. The smallest absolute Gasteiger partial charge is 0.250 e. The van der Waals surface area contributed by atoms with Crippen molar-refractivity contribution in [2.75, 3.05) is 17.7 Å². The Labute approximate surface area is 113 Å². The monoisotopic (exact) mass is 260 g/mol. The van der Waals surface area contributed by atoms with Crippen molar-refractivity contribution >= 4 is 17.3 Å². The van der Waals surface area contributed by atoms with Crippen molar-refractivity contribution in [1.82, 2.24) is 0 Å². The lowest BCUT2D eigenvalue weighted by molar-refractivity contribution is -0.121. The zero-order valence-corrected chi connectivity index (χ0v) is 11.5. The predicted molar refractivity (Wildman–Crippen MR) is 75.6 cm³/mol.